The average Bonchev–Trinajstić information content (AvgIpc) is 2.44. The second-order valence-electron chi connectivity index (χ2n) is 5.88. The zero-order chi connectivity index (χ0) is 15.2. The van der Waals surface area contributed by atoms with Crippen LogP contribution in [0, 0.1) is 0 Å². The van der Waals surface area contributed by atoms with E-state index in [9.17, 15) is 0 Å². The average molecular weight is 298 g/mol. The molecule has 1 aromatic rings. The van der Waals surface area contributed by atoms with Crippen LogP contribution in [-0.2, 0) is 13.3 Å². The number of nitrogens with zero attached hydrogens (tertiary/aromatic N) is 1. The number of hydrogen-bond donors (Lipinski definition) is 0. The van der Waals surface area contributed by atoms with E-state index in [-0.39, 0.29) is 0 Å². The molecule has 0 saturated heterocycles. The van der Waals surface area contributed by atoms with E-state index in [0.29, 0.717) is 6.04 Å². The highest BCUT2D eigenvalue weighted by molar-refractivity contribution is 6.60. The fourth-order valence-corrected chi connectivity index (χ4v) is 4.29. The molecule has 0 amide bonds. The first-order valence-electron chi connectivity index (χ1n) is 6.90. The number of benzene rings is 1. The Hall–Kier alpha value is -0.723. The Balaban J connectivity index is 2.88. The summed E-state index contributed by atoms with van der Waals surface area (Å²) < 4.78 is 17.4. The van der Waals surface area contributed by atoms with Gasteiger partial charge in [0.2, 0.25) is 0 Å². The molecule has 0 spiro atoms. The summed E-state index contributed by atoms with van der Waals surface area (Å²) >= 11 is 0. The zero-order valence-corrected chi connectivity index (χ0v) is 14.6. The molecular formula is C15H28NO3Si+. The minimum absolute atomic E-state index is 0.392. The molecule has 1 aromatic carbocycles. The highest BCUT2D eigenvalue weighted by Crippen LogP contribution is 2.31. The van der Waals surface area contributed by atoms with Gasteiger partial charge in [-0.1, -0.05) is 30.3 Å². The maximum Gasteiger partial charge on any atom is 0.500 e. The molecule has 1 unspecified atom stereocenters. The molecule has 0 saturated carbocycles. The summed E-state index contributed by atoms with van der Waals surface area (Å²) in [7, 11) is 9.15. The van der Waals surface area contributed by atoms with Crippen molar-refractivity contribution in [2.75, 3.05) is 42.5 Å². The Morgan fingerprint density at radius 2 is 1.45 bits per heavy atom. The summed E-state index contributed by atoms with van der Waals surface area (Å²) in [5.41, 5.74) is 1.34. The molecule has 0 radical (unpaired) electrons. The second kappa shape index (κ2) is 7.33. The van der Waals surface area contributed by atoms with Crippen molar-refractivity contribution in [2.24, 2.45) is 0 Å². The first-order valence-corrected chi connectivity index (χ1v) is 8.83. The molecule has 5 heteroatoms. The summed E-state index contributed by atoms with van der Waals surface area (Å²) in [4.78, 5) is 0. The molecule has 0 aliphatic heterocycles. The third kappa shape index (κ3) is 4.39. The molecular weight excluding hydrogens is 270 g/mol. The highest BCUT2D eigenvalue weighted by Gasteiger charge is 2.40. The van der Waals surface area contributed by atoms with Crippen LogP contribution in [0.5, 0.6) is 0 Å². The number of rotatable bonds is 8. The zero-order valence-electron chi connectivity index (χ0n) is 13.6. The molecule has 1 atom stereocenters. The van der Waals surface area contributed by atoms with Crippen molar-refractivity contribution in [1.82, 2.24) is 0 Å². The van der Waals surface area contributed by atoms with Crippen molar-refractivity contribution in [3.63, 3.8) is 0 Å². The third-order valence-corrected chi connectivity index (χ3v) is 6.54. The van der Waals surface area contributed by atoms with Crippen molar-refractivity contribution >= 4 is 8.80 Å². The van der Waals surface area contributed by atoms with Crippen molar-refractivity contribution in [3.05, 3.63) is 35.9 Å². The SMILES string of the molecule is CO[Si](CCC(c1ccccc1)[N+](C)(C)C)(OC)OC. The molecule has 0 fully saturated rings. The Morgan fingerprint density at radius 1 is 0.950 bits per heavy atom. The predicted octanol–water partition coefficient (Wildman–Crippen LogP) is 2.70. The van der Waals surface area contributed by atoms with E-state index < -0.39 is 8.80 Å². The maximum atomic E-state index is 5.52. The summed E-state index contributed by atoms with van der Waals surface area (Å²) in [6.45, 7) is 0. The maximum absolute atomic E-state index is 5.52. The van der Waals surface area contributed by atoms with Gasteiger partial charge in [-0.05, 0) is 0 Å². The van der Waals surface area contributed by atoms with Crippen molar-refractivity contribution in [3.8, 4) is 0 Å². The van der Waals surface area contributed by atoms with Gasteiger partial charge in [0.15, 0.2) is 0 Å². The molecule has 4 nitrogen and oxygen atoms in total. The Kier molecular flexibility index (Phi) is 6.35. The number of quaternary nitrogens is 1. The van der Waals surface area contributed by atoms with Crippen LogP contribution in [0.2, 0.25) is 6.04 Å². The van der Waals surface area contributed by atoms with Crippen LogP contribution >= 0.6 is 0 Å². The van der Waals surface area contributed by atoms with E-state index in [0.717, 1.165) is 16.9 Å². The molecule has 20 heavy (non-hydrogen) atoms. The van der Waals surface area contributed by atoms with Crippen LogP contribution in [0.4, 0.5) is 0 Å². The standard InChI is InChI=1S/C15H28NO3Si/c1-16(2,3)15(14-10-8-7-9-11-14)12-13-20(17-4,18-5)19-6/h7-11,15H,12-13H2,1-6H3/q+1. The van der Waals surface area contributed by atoms with E-state index in [1.165, 1.54) is 5.56 Å². The third-order valence-electron chi connectivity index (χ3n) is 3.78. The molecule has 114 valence electrons. The molecule has 0 aromatic heterocycles. The predicted molar refractivity (Wildman–Crippen MR) is 83.4 cm³/mol. The normalized spacial score (nSPS) is 14.3. The van der Waals surface area contributed by atoms with E-state index >= 15 is 0 Å². The van der Waals surface area contributed by atoms with Gasteiger partial charge in [0.1, 0.15) is 6.04 Å². The lowest BCUT2D eigenvalue weighted by Crippen LogP contribution is -2.45. The van der Waals surface area contributed by atoms with Crippen LogP contribution in [-0.4, -0.2) is 55.8 Å². The second-order valence-corrected chi connectivity index (χ2v) is 8.97. The number of hydrogen-bond acceptors (Lipinski definition) is 3. The lowest BCUT2D eigenvalue weighted by Gasteiger charge is -2.36. The van der Waals surface area contributed by atoms with Crippen LogP contribution in [0.3, 0.4) is 0 Å². The summed E-state index contributed by atoms with van der Waals surface area (Å²) in [5.74, 6) is 0. The summed E-state index contributed by atoms with van der Waals surface area (Å²) in [6.07, 6.45) is 0.968. The quantitative estimate of drug-likeness (QED) is 0.545. The van der Waals surface area contributed by atoms with E-state index in [1.54, 1.807) is 21.3 Å². The topological polar surface area (TPSA) is 27.7 Å². The van der Waals surface area contributed by atoms with Crippen molar-refractivity contribution in [2.45, 2.75) is 18.5 Å². The van der Waals surface area contributed by atoms with Gasteiger partial charge in [-0.25, -0.2) is 0 Å². The van der Waals surface area contributed by atoms with E-state index in [1.807, 2.05) is 0 Å². The molecule has 0 aliphatic carbocycles. The van der Waals surface area contributed by atoms with Gasteiger partial charge in [0, 0.05) is 39.4 Å². The highest BCUT2D eigenvalue weighted by atomic mass is 28.4. The lowest BCUT2D eigenvalue weighted by molar-refractivity contribution is -0.902. The fourth-order valence-electron chi connectivity index (χ4n) is 2.55. The van der Waals surface area contributed by atoms with Gasteiger partial charge in [-0.2, -0.15) is 0 Å². The first kappa shape index (κ1) is 17.3. The Morgan fingerprint density at radius 3 is 1.85 bits per heavy atom. The van der Waals surface area contributed by atoms with Gasteiger partial charge in [-0.3, -0.25) is 0 Å². The summed E-state index contributed by atoms with van der Waals surface area (Å²) in [5, 5.41) is 0. The van der Waals surface area contributed by atoms with Gasteiger partial charge < -0.3 is 17.8 Å². The summed E-state index contributed by atoms with van der Waals surface area (Å²) in [6, 6.07) is 11.8. The molecule has 0 aliphatic rings. The van der Waals surface area contributed by atoms with Crippen molar-refractivity contribution in [1.29, 1.82) is 0 Å². The fraction of sp³-hybridized carbons (Fsp3) is 0.600. The van der Waals surface area contributed by atoms with Crippen LogP contribution < -0.4 is 0 Å². The van der Waals surface area contributed by atoms with Crippen LogP contribution in [0.1, 0.15) is 18.0 Å². The van der Waals surface area contributed by atoms with Crippen molar-refractivity contribution < 1.29 is 17.8 Å². The Labute approximate surface area is 124 Å². The molecule has 0 heterocycles. The van der Waals surface area contributed by atoms with Crippen LogP contribution in [0.25, 0.3) is 0 Å². The lowest BCUT2D eigenvalue weighted by atomic mass is 10.0. The molecule has 0 N–H and O–H groups in total. The van der Waals surface area contributed by atoms with Gasteiger partial charge in [0.25, 0.3) is 0 Å². The van der Waals surface area contributed by atoms with E-state index in [2.05, 4.69) is 51.5 Å². The largest absolute Gasteiger partial charge is 0.500 e. The monoisotopic (exact) mass is 298 g/mol. The van der Waals surface area contributed by atoms with Gasteiger partial charge in [-0.15, -0.1) is 0 Å². The molecule has 0 bridgehead atoms. The van der Waals surface area contributed by atoms with Gasteiger partial charge in [0.05, 0.1) is 21.1 Å². The molecule has 1 rings (SSSR count). The van der Waals surface area contributed by atoms with Gasteiger partial charge >= 0.3 is 8.80 Å². The minimum Gasteiger partial charge on any atom is -0.377 e. The first-order chi connectivity index (χ1) is 9.38. The smallest absolute Gasteiger partial charge is 0.377 e. The Bertz CT molecular complexity index is 380. The van der Waals surface area contributed by atoms with E-state index in [4.69, 9.17) is 13.3 Å². The van der Waals surface area contributed by atoms with Crippen LogP contribution in [0.15, 0.2) is 30.3 Å². The minimum atomic E-state index is -2.50.